The molecule has 1 N–H and O–H groups in total. The molecule has 0 unspecified atom stereocenters. The van der Waals surface area contributed by atoms with Crippen LogP contribution in [0, 0.1) is 0 Å². The molecule has 0 radical (unpaired) electrons. The van der Waals surface area contributed by atoms with Gasteiger partial charge in [-0.15, -0.1) is 0 Å². The van der Waals surface area contributed by atoms with E-state index in [0.29, 0.717) is 13.0 Å². The van der Waals surface area contributed by atoms with Crippen LogP contribution in [-0.4, -0.2) is 42.6 Å². The Labute approximate surface area is 98.1 Å². The number of ether oxygens (including phenoxy) is 1. The topological polar surface area (TPSA) is 94.1 Å². The number of hydrogen-bond acceptors (Lipinski definition) is 6. The Hall–Kier alpha value is -1.92. The number of rotatable bonds is 5. The van der Waals surface area contributed by atoms with Gasteiger partial charge in [0.1, 0.15) is 0 Å². The zero-order valence-electron chi connectivity index (χ0n) is 9.69. The van der Waals surface area contributed by atoms with Crippen LogP contribution in [0.4, 0.5) is 0 Å². The summed E-state index contributed by atoms with van der Waals surface area (Å²) in [6.45, 7) is 3.41. The zero-order chi connectivity index (χ0) is 12.8. The highest BCUT2D eigenvalue weighted by Crippen LogP contribution is 2.05. The van der Waals surface area contributed by atoms with E-state index in [-0.39, 0.29) is 12.5 Å². The number of nitrogens with one attached hydrogen (secondary N) is 1. The van der Waals surface area contributed by atoms with E-state index in [1.807, 2.05) is 0 Å². The van der Waals surface area contributed by atoms with Crippen molar-refractivity contribution in [3.05, 3.63) is 0 Å². The summed E-state index contributed by atoms with van der Waals surface area (Å²) < 4.78 is 4.64. The van der Waals surface area contributed by atoms with Gasteiger partial charge in [0, 0.05) is 19.9 Å². The Morgan fingerprint density at radius 1 is 1.53 bits per heavy atom. The van der Waals surface area contributed by atoms with Crippen LogP contribution in [0.15, 0.2) is 5.16 Å². The average Bonchev–Trinajstić information content (AvgIpc) is 2.64. The van der Waals surface area contributed by atoms with Crippen LogP contribution >= 0.6 is 0 Å². The van der Waals surface area contributed by atoms with Gasteiger partial charge in [0.2, 0.25) is 11.8 Å². The first-order valence-electron chi connectivity index (χ1n) is 5.25. The summed E-state index contributed by atoms with van der Waals surface area (Å²) in [4.78, 5) is 38.5. The Morgan fingerprint density at radius 2 is 2.24 bits per heavy atom. The molecule has 0 aromatic carbocycles. The minimum atomic E-state index is -0.849. The molecule has 1 aliphatic heterocycles. The van der Waals surface area contributed by atoms with E-state index in [1.54, 1.807) is 6.92 Å². The number of nitrogens with zero attached hydrogens (tertiary/aromatic N) is 1. The van der Waals surface area contributed by atoms with Gasteiger partial charge in [0.25, 0.3) is 5.91 Å². The maximum absolute atomic E-state index is 11.3. The molecule has 17 heavy (non-hydrogen) atoms. The quantitative estimate of drug-likeness (QED) is 0.300. The SMILES string of the molecule is CCOC(=O)C(=NO[C@H]1CCNC1=O)C(C)=O. The molecule has 7 heteroatoms. The van der Waals surface area contributed by atoms with Crippen LogP contribution in [0.2, 0.25) is 0 Å². The van der Waals surface area contributed by atoms with Crippen molar-refractivity contribution in [3.8, 4) is 0 Å². The van der Waals surface area contributed by atoms with Crippen LogP contribution in [0.3, 0.4) is 0 Å². The molecule has 7 nitrogen and oxygen atoms in total. The van der Waals surface area contributed by atoms with Gasteiger partial charge in [-0.3, -0.25) is 9.59 Å². The number of carbonyl (C=O) groups excluding carboxylic acids is 3. The van der Waals surface area contributed by atoms with E-state index in [9.17, 15) is 14.4 Å². The molecular formula is C10H14N2O5. The van der Waals surface area contributed by atoms with E-state index < -0.39 is 23.6 Å². The molecular weight excluding hydrogens is 228 g/mol. The third kappa shape index (κ3) is 3.54. The van der Waals surface area contributed by atoms with Crippen molar-refractivity contribution in [1.82, 2.24) is 5.32 Å². The lowest BCUT2D eigenvalue weighted by Crippen LogP contribution is -2.28. The van der Waals surface area contributed by atoms with E-state index >= 15 is 0 Å². The lowest BCUT2D eigenvalue weighted by molar-refractivity contribution is -0.137. The van der Waals surface area contributed by atoms with Gasteiger partial charge < -0.3 is 14.9 Å². The normalized spacial score (nSPS) is 19.8. The third-order valence-corrected chi connectivity index (χ3v) is 2.07. The second kappa shape index (κ2) is 5.97. The van der Waals surface area contributed by atoms with Crippen molar-refractivity contribution in [2.45, 2.75) is 26.4 Å². The molecule has 0 aliphatic carbocycles. The summed E-state index contributed by atoms with van der Waals surface area (Å²) in [5, 5.41) is 5.95. The molecule has 1 heterocycles. The minimum absolute atomic E-state index is 0.134. The number of esters is 1. The number of Topliss-reactive ketones (excluding diaryl/α,β-unsaturated/α-hetero) is 1. The van der Waals surface area contributed by atoms with E-state index in [0.717, 1.165) is 0 Å². The van der Waals surface area contributed by atoms with Crippen LogP contribution < -0.4 is 5.32 Å². The van der Waals surface area contributed by atoms with Gasteiger partial charge in [0.15, 0.2) is 5.78 Å². The highest BCUT2D eigenvalue weighted by atomic mass is 16.6. The van der Waals surface area contributed by atoms with Crippen LogP contribution in [0.5, 0.6) is 0 Å². The van der Waals surface area contributed by atoms with Gasteiger partial charge in [-0.05, 0) is 6.92 Å². The Balaban J connectivity index is 2.67. The Bertz CT molecular complexity index is 364. The van der Waals surface area contributed by atoms with E-state index in [4.69, 9.17) is 4.84 Å². The van der Waals surface area contributed by atoms with Crippen molar-refractivity contribution in [1.29, 1.82) is 0 Å². The molecule has 1 fully saturated rings. The van der Waals surface area contributed by atoms with Crippen molar-refractivity contribution < 1.29 is 24.0 Å². The molecule has 0 aromatic rings. The molecule has 1 amide bonds. The van der Waals surface area contributed by atoms with Crippen molar-refractivity contribution in [2.75, 3.05) is 13.2 Å². The fraction of sp³-hybridized carbons (Fsp3) is 0.600. The molecule has 1 saturated heterocycles. The molecule has 0 saturated carbocycles. The summed E-state index contributed by atoms with van der Waals surface area (Å²) in [6.07, 6.45) is -0.296. The molecule has 0 aromatic heterocycles. The predicted molar refractivity (Wildman–Crippen MR) is 57.2 cm³/mol. The van der Waals surface area contributed by atoms with Crippen LogP contribution in [-0.2, 0) is 24.0 Å². The highest BCUT2D eigenvalue weighted by molar-refractivity contribution is 6.63. The number of carbonyl (C=O) groups is 3. The van der Waals surface area contributed by atoms with Crippen molar-refractivity contribution in [2.24, 2.45) is 5.16 Å². The molecule has 1 atom stereocenters. The second-order valence-corrected chi connectivity index (χ2v) is 3.39. The maximum atomic E-state index is 11.3. The molecule has 0 bridgehead atoms. The van der Waals surface area contributed by atoms with Crippen molar-refractivity contribution >= 4 is 23.4 Å². The summed E-state index contributed by atoms with van der Waals surface area (Å²) in [7, 11) is 0. The summed E-state index contributed by atoms with van der Waals surface area (Å²) in [5.41, 5.74) is -0.438. The summed E-state index contributed by atoms with van der Waals surface area (Å²) in [6, 6.07) is 0. The average molecular weight is 242 g/mol. The maximum Gasteiger partial charge on any atom is 0.364 e. The fourth-order valence-electron chi connectivity index (χ4n) is 1.23. The smallest absolute Gasteiger partial charge is 0.364 e. The van der Waals surface area contributed by atoms with Gasteiger partial charge in [0.05, 0.1) is 6.61 Å². The van der Waals surface area contributed by atoms with Gasteiger partial charge in [-0.25, -0.2) is 4.79 Å². The Morgan fingerprint density at radius 3 is 2.71 bits per heavy atom. The third-order valence-electron chi connectivity index (χ3n) is 2.07. The monoisotopic (exact) mass is 242 g/mol. The second-order valence-electron chi connectivity index (χ2n) is 3.39. The van der Waals surface area contributed by atoms with Gasteiger partial charge in [-0.2, -0.15) is 0 Å². The minimum Gasteiger partial charge on any atom is -0.461 e. The molecule has 94 valence electrons. The zero-order valence-corrected chi connectivity index (χ0v) is 9.69. The van der Waals surface area contributed by atoms with Crippen LogP contribution in [0.1, 0.15) is 20.3 Å². The fourth-order valence-corrected chi connectivity index (χ4v) is 1.23. The number of oxime groups is 1. The molecule has 1 aliphatic rings. The number of amides is 1. The lowest BCUT2D eigenvalue weighted by atomic mass is 10.3. The first-order chi connectivity index (χ1) is 8.06. The lowest BCUT2D eigenvalue weighted by Gasteiger charge is -2.06. The van der Waals surface area contributed by atoms with E-state index in [1.165, 1.54) is 6.92 Å². The first kappa shape index (κ1) is 13.1. The standard InChI is InChI=1S/C10H14N2O5/c1-3-16-10(15)8(6(2)13)12-17-7-4-5-11-9(7)14/h7H,3-5H2,1-2H3,(H,11,14)/t7-/m0/s1. The predicted octanol–water partition coefficient (Wildman–Crippen LogP) is -0.600. The van der Waals surface area contributed by atoms with Gasteiger partial charge in [-0.1, -0.05) is 5.16 Å². The Kier molecular flexibility index (Phi) is 4.62. The van der Waals surface area contributed by atoms with Gasteiger partial charge >= 0.3 is 5.97 Å². The van der Waals surface area contributed by atoms with Crippen LogP contribution in [0.25, 0.3) is 0 Å². The number of ketones is 1. The highest BCUT2D eigenvalue weighted by Gasteiger charge is 2.27. The summed E-state index contributed by atoms with van der Waals surface area (Å²) in [5.74, 6) is -1.72. The molecule has 0 spiro atoms. The summed E-state index contributed by atoms with van der Waals surface area (Å²) >= 11 is 0. The van der Waals surface area contributed by atoms with E-state index in [2.05, 4.69) is 15.2 Å². The van der Waals surface area contributed by atoms with Crippen molar-refractivity contribution in [3.63, 3.8) is 0 Å². The largest absolute Gasteiger partial charge is 0.461 e. The first-order valence-corrected chi connectivity index (χ1v) is 5.25. The molecule has 1 rings (SSSR count). The number of hydrogen-bond donors (Lipinski definition) is 1.